The molecule has 0 aliphatic carbocycles. The number of benzene rings is 2. The molecule has 0 unspecified atom stereocenters. The Morgan fingerprint density at radius 1 is 1.00 bits per heavy atom. The van der Waals surface area contributed by atoms with Gasteiger partial charge in [0.15, 0.2) is 5.78 Å². The van der Waals surface area contributed by atoms with Crippen LogP contribution in [0.2, 0.25) is 0 Å². The summed E-state index contributed by atoms with van der Waals surface area (Å²) in [6.45, 7) is 2.10. The first-order valence-corrected chi connectivity index (χ1v) is 9.37. The van der Waals surface area contributed by atoms with Crippen LogP contribution in [0.5, 0.6) is 0 Å². The summed E-state index contributed by atoms with van der Waals surface area (Å²) >= 11 is 14.6. The van der Waals surface area contributed by atoms with Gasteiger partial charge in [0.25, 0.3) is 0 Å². The van der Waals surface area contributed by atoms with Crippen LogP contribution in [0.25, 0.3) is 0 Å². The molecule has 3 nitrogen and oxygen atoms in total. The van der Waals surface area contributed by atoms with Crippen molar-refractivity contribution in [1.82, 2.24) is 0 Å². The summed E-state index contributed by atoms with van der Waals surface area (Å²) in [5.74, 6) is 0.0584. The lowest BCUT2D eigenvalue weighted by atomic mass is 10.0. The van der Waals surface area contributed by atoms with Gasteiger partial charge >= 0.3 is 10.5 Å². The van der Waals surface area contributed by atoms with Crippen molar-refractivity contribution >= 4 is 78.0 Å². The van der Waals surface area contributed by atoms with Gasteiger partial charge in [0.2, 0.25) is 0 Å². The van der Waals surface area contributed by atoms with Gasteiger partial charge in [0.05, 0.1) is 0 Å². The second-order valence-corrected chi connectivity index (χ2v) is 7.34. The van der Waals surface area contributed by atoms with Gasteiger partial charge in [0.1, 0.15) is 0 Å². The van der Waals surface area contributed by atoms with E-state index in [2.05, 4.69) is 68.6 Å². The Labute approximate surface area is 172 Å². The highest BCUT2D eigenvalue weighted by Crippen LogP contribution is 2.22. The normalized spacial score (nSPS) is 9.71. The van der Waals surface area contributed by atoms with Gasteiger partial charge in [-0.05, 0) is 76.0 Å². The number of aryl methyl sites for hydroxylation is 1. The average Bonchev–Trinajstić information content (AvgIpc) is 2.57. The molecule has 126 valence electrons. The van der Waals surface area contributed by atoms with Gasteiger partial charge in [-0.15, -0.1) is 0 Å². The molecule has 2 aromatic carbocycles. The van der Waals surface area contributed by atoms with E-state index in [0.29, 0.717) is 5.56 Å². The van der Waals surface area contributed by atoms with E-state index in [4.69, 9.17) is 0 Å². The minimum Gasteiger partial charge on any atom is -0.289 e. The molecule has 0 aliphatic rings. The molecule has 0 bridgehead atoms. The third kappa shape index (κ3) is 6.63. The van der Waals surface area contributed by atoms with Crippen molar-refractivity contribution in [1.29, 1.82) is 0 Å². The van der Waals surface area contributed by atoms with Crippen LogP contribution in [0.4, 0.5) is 0 Å². The molecule has 0 spiro atoms. The topological polar surface area (TPSA) is 51.2 Å². The van der Waals surface area contributed by atoms with Crippen molar-refractivity contribution < 1.29 is 14.4 Å². The van der Waals surface area contributed by atoms with E-state index in [1.54, 1.807) is 0 Å². The number of rotatable bonds is 4. The van der Waals surface area contributed by atoms with Crippen molar-refractivity contribution in [3.8, 4) is 0 Å². The molecule has 0 saturated heterocycles. The SMILES string of the molecule is CCc1ccc(C(=O)c2cc(I)ccc2Br)cc1.O=C(Cl)C(=O)Cl. The van der Waals surface area contributed by atoms with Crippen LogP contribution >= 0.6 is 61.7 Å². The molecule has 0 fully saturated rings. The zero-order valence-corrected chi connectivity index (χ0v) is 17.7. The van der Waals surface area contributed by atoms with E-state index in [0.717, 1.165) is 20.0 Å². The van der Waals surface area contributed by atoms with Crippen molar-refractivity contribution in [2.75, 3.05) is 0 Å². The number of halogens is 4. The fourth-order valence-electron chi connectivity index (χ4n) is 1.72. The van der Waals surface area contributed by atoms with Crippen LogP contribution in [0.15, 0.2) is 46.9 Å². The zero-order valence-electron chi connectivity index (χ0n) is 12.5. The monoisotopic (exact) mass is 540 g/mol. The van der Waals surface area contributed by atoms with Gasteiger partial charge in [0, 0.05) is 19.2 Å². The van der Waals surface area contributed by atoms with Crippen molar-refractivity contribution in [2.45, 2.75) is 13.3 Å². The lowest BCUT2D eigenvalue weighted by Gasteiger charge is -2.05. The van der Waals surface area contributed by atoms with E-state index < -0.39 is 10.5 Å². The molecule has 0 heterocycles. The number of carbonyl (C=O) groups is 3. The van der Waals surface area contributed by atoms with Crippen molar-refractivity contribution in [3.05, 3.63) is 67.2 Å². The number of ketones is 1. The summed E-state index contributed by atoms with van der Waals surface area (Å²) in [7, 11) is 0. The third-order valence-electron chi connectivity index (χ3n) is 2.95. The summed E-state index contributed by atoms with van der Waals surface area (Å²) in [5, 5.41) is -2.28. The van der Waals surface area contributed by atoms with E-state index in [1.165, 1.54) is 5.56 Å². The quantitative estimate of drug-likeness (QED) is 0.226. The predicted molar refractivity (Wildman–Crippen MR) is 108 cm³/mol. The van der Waals surface area contributed by atoms with E-state index in [-0.39, 0.29) is 5.78 Å². The van der Waals surface area contributed by atoms with Gasteiger partial charge in [-0.2, -0.15) is 0 Å². The Balaban J connectivity index is 0.000000413. The number of hydrogen-bond donors (Lipinski definition) is 0. The summed E-state index contributed by atoms with van der Waals surface area (Å²) in [5.41, 5.74) is 2.69. The largest absolute Gasteiger partial charge is 0.304 e. The first kappa shape index (κ1) is 21.3. The Morgan fingerprint density at radius 2 is 1.54 bits per heavy atom. The van der Waals surface area contributed by atoms with Crippen LogP contribution in [-0.4, -0.2) is 16.3 Å². The molecule has 0 saturated carbocycles. The second-order valence-electron chi connectivity index (χ2n) is 4.55. The summed E-state index contributed by atoms with van der Waals surface area (Å²) in [6.07, 6.45) is 0.988. The van der Waals surface area contributed by atoms with Gasteiger partial charge in [-0.1, -0.05) is 47.1 Å². The first-order valence-electron chi connectivity index (χ1n) is 6.74. The maximum absolute atomic E-state index is 12.4. The standard InChI is InChI=1S/C15H12BrIO.C2Cl2O2/c1-2-10-3-5-11(6-4-10)15(18)13-9-12(17)7-8-14(13)16;3-1(5)2(4)6/h3-9H,2H2,1H3;. The van der Waals surface area contributed by atoms with Crippen LogP contribution in [0.3, 0.4) is 0 Å². The maximum atomic E-state index is 12.4. The van der Waals surface area contributed by atoms with Gasteiger partial charge in [-0.25, -0.2) is 0 Å². The summed E-state index contributed by atoms with van der Waals surface area (Å²) in [4.78, 5) is 31.2. The number of carbonyl (C=O) groups excluding carboxylic acids is 3. The molecule has 0 radical (unpaired) electrons. The minimum absolute atomic E-state index is 0.0584. The molecule has 2 aromatic rings. The molecule has 24 heavy (non-hydrogen) atoms. The van der Waals surface area contributed by atoms with Crippen LogP contribution in [0, 0.1) is 3.57 Å². The fraction of sp³-hybridized carbons (Fsp3) is 0.118. The molecule has 0 atom stereocenters. The third-order valence-corrected chi connectivity index (χ3v) is 4.75. The van der Waals surface area contributed by atoms with Crippen LogP contribution < -0.4 is 0 Å². The molecular formula is C17H12BrCl2IO3. The second kappa shape index (κ2) is 10.3. The van der Waals surface area contributed by atoms with Crippen molar-refractivity contribution in [3.63, 3.8) is 0 Å². The van der Waals surface area contributed by atoms with E-state index in [9.17, 15) is 14.4 Å². The number of hydrogen-bond acceptors (Lipinski definition) is 3. The molecule has 0 N–H and O–H groups in total. The van der Waals surface area contributed by atoms with Crippen molar-refractivity contribution in [2.24, 2.45) is 0 Å². The lowest BCUT2D eigenvalue weighted by molar-refractivity contribution is -0.127. The molecule has 0 aromatic heterocycles. The highest BCUT2D eigenvalue weighted by Gasteiger charge is 2.12. The summed E-state index contributed by atoms with van der Waals surface area (Å²) in [6, 6.07) is 13.6. The Bertz CT molecular complexity index is 749. The summed E-state index contributed by atoms with van der Waals surface area (Å²) < 4.78 is 1.90. The fourth-order valence-corrected chi connectivity index (χ4v) is 2.64. The van der Waals surface area contributed by atoms with Crippen LogP contribution in [-0.2, 0) is 16.0 Å². The molecule has 0 amide bonds. The van der Waals surface area contributed by atoms with Gasteiger partial charge < -0.3 is 0 Å². The average molecular weight is 542 g/mol. The van der Waals surface area contributed by atoms with Gasteiger partial charge in [-0.3, -0.25) is 14.4 Å². The zero-order chi connectivity index (χ0) is 18.3. The molecule has 0 aliphatic heterocycles. The Morgan fingerprint density at radius 3 is 2.00 bits per heavy atom. The van der Waals surface area contributed by atoms with E-state index >= 15 is 0 Å². The highest BCUT2D eigenvalue weighted by molar-refractivity contribution is 14.1. The first-order chi connectivity index (χ1) is 11.3. The predicted octanol–water partition coefficient (Wildman–Crippen LogP) is 5.36. The smallest absolute Gasteiger partial charge is 0.289 e. The molecule has 2 rings (SSSR count). The Hall–Kier alpha value is -0.760. The lowest BCUT2D eigenvalue weighted by Crippen LogP contribution is -2.03. The minimum atomic E-state index is -1.14. The molecule has 7 heteroatoms. The maximum Gasteiger partial charge on any atom is 0.304 e. The van der Waals surface area contributed by atoms with E-state index in [1.807, 2.05) is 42.5 Å². The Kier molecular flexibility index (Phi) is 9.12. The molecular weight excluding hydrogens is 530 g/mol. The highest BCUT2D eigenvalue weighted by atomic mass is 127. The van der Waals surface area contributed by atoms with Crippen LogP contribution in [0.1, 0.15) is 28.4 Å².